The Hall–Kier alpha value is -3.20. The molecule has 0 saturated heterocycles. The summed E-state index contributed by atoms with van der Waals surface area (Å²) in [5.74, 6) is 0.445. The van der Waals surface area contributed by atoms with Gasteiger partial charge in [0.2, 0.25) is 11.8 Å². The lowest BCUT2D eigenvalue weighted by Crippen LogP contribution is -2.60. The first-order valence-corrected chi connectivity index (χ1v) is 11.5. The Morgan fingerprint density at radius 2 is 1.88 bits per heavy atom. The van der Waals surface area contributed by atoms with E-state index in [0.717, 1.165) is 24.2 Å². The summed E-state index contributed by atoms with van der Waals surface area (Å²) in [5.41, 5.74) is 1.29. The second-order valence-electron chi connectivity index (χ2n) is 8.61. The summed E-state index contributed by atoms with van der Waals surface area (Å²) in [6.07, 6.45) is 5.61. The first-order chi connectivity index (χ1) is 15.4. The average Bonchev–Trinajstić information content (AvgIpc) is 3.54. The van der Waals surface area contributed by atoms with Crippen molar-refractivity contribution in [3.8, 4) is 11.4 Å². The van der Waals surface area contributed by atoms with Crippen LogP contribution in [-0.2, 0) is 9.59 Å². The van der Waals surface area contributed by atoms with E-state index in [1.165, 1.54) is 11.8 Å². The van der Waals surface area contributed by atoms with E-state index in [4.69, 9.17) is 0 Å². The molecule has 3 aromatic rings. The molecule has 8 nitrogen and oxygen atoms in total. The number of nitrogens with zero attached hydrogens (tertiary/aromatic N) is 5. The van der Waals surface area contributed by atoms with Gasteiger partial charge >= 0.3 is 0 Å². The molecule has 2 amide bonds. The van der Waals surface area contributed by atoms with Crippen molar-refractivity contribution in [2.45, 2.75) is 55.6 Å². The lowest BCUT2D eigenvalue weighted by atomic mass is 9.96. The van der Waals surface area contributed by atoms with Crippen LogP contribution >= 0.6 is 11.8 Å². The summed E-state index contributed by atoms with van der Waals surface area (Å²) in [6, 6.07) is 11.6. The topological polar surface area (TPSA) is 93.0 Å². The molecule has 2 aromatic heterocycles. The maximum Gasteiger partial charge on any atom is 0.250 e. The van der Waals surface area contributed by atoms with Gasteiger partial charge in [0.1, 0.15) is 5.54 Å². The Balaban J connectivity index is 1.46. The predicted octanol–water partition coefficient (Wildman–Crippen LogP) is 3.92. The van der Waals surface area contributed by atoms with E-state index < -0.39 is 10.8 Å². The molecule has 1 N–H and O–H groups in total. The normalized spacial score (nSPS) is 18.1. The van der Waals surface area contributed by atoms with Crippen molar-refractivity contribution in [2.75, 3.05) is 10.2 Å². The number of para-hydroxylation sites is 2. The van der Waals surface area contributed by atoms with Crippen LogP contribution in [0.4, 0.5) is 11.4 Å². The minimum absolute atomic E-state index is 0.141. The molecule has 1 aromatic carbocycles. The molecule has 0 radical (unpaired) electrons. The third-order valence-electron chi connectivity index (χ3n) is 5.87. The van der Waals surface area contributed by atoms with Crippen molar-refractivity contribution in [1.82, 2.24) is 19.7 Å². The van der Waals surface area contributed by atoms with E-state index in [9.17, 15) is 9.59 Å². The van der Waals surface area contributed by atoms with E-state index in [0.29, 0.717) is 22.6 Å². The molecule has 0 unspecified atom stereocenters. The van der Waals surface area contributed by atoms with Gasteiger partial charge < -0.3 is 5.32 Å². The number of nitrogens with one attached hydrogen (secondary N) is 1. The molecule has 9 heteroatoms. The van der Waals surface area contributed by atoms with Crippen LogP contribution in [0.5, 0.6) is 0 Å². The molecular weight excluding hydrogens is 424 g/mol. The number of thioether (sulfide) groups is 1. The fraction of sp³-hybridized carbons (Fsp3) is 0.348. The van der Waals surface area contributed by atoms with Gasteiger partial charge in [0.05, 0.1) is 16.6 Å². The summed E-state index contributed by atoms with van der Waals surface area (Å²) in [6.45, 7) is 5.39. The van der Waals surface area contributed by atoms with Gasteiger partial charge in [0.15, 0.2) is 11.0 Å². The molecule has 1 fully saturated rings. The Morgan fingerprint density at radius 1 is 1.16 bits per heavy atom. The highest BCUT2D eigenvalue weighted by Crippen LogP contribution is 2.43. The number of pyridine rings is 1. The van der Waals surface area contributed by atoms with Crippen LogP contribution in [0.15, 0.2) is 53.9 Å². The zero-order valence-corrected chi connectivity index (χ0v) is 19.0. The van der Waals surface area contributed by atoms with E-state index >= 15 is 0 Å². The number of hydrogen-bond donors (Lipinski definition) is 1. The zero-order valence-electron chi connectivity index (χ0n) is 18.1. The molecule has 0 bridgehead atoms. The maximum atomic E-state index is 13.7. The van der Waals surface area contributed by atoms with Gasteiger partial charge in [-0.05, 0) is 57.9 Å². The van der Waals surface area contributed by atoms with Crippen molar-refractivity contribution in [3.05, 3.63) is 48.8 Å². The number of carbonyl (C=O) groups excluding carboxylic acids is 2. The third-order valence-corrected chi connectivity index (χ3v) is 6.92. The van der Waals surface area contributed by atoms with Crippen molar-refractivity contribution in [1.29, 1.82) is 0 Å². The van der Waals surface area contributed by atoms with Gasteiger partial charge in [-0.1, -0.05) is 23.9 Å². The number of aromatic nitrogens is 4. The van der Waals surface area contributed by atoms with Crippen molar-refractivity contribution in [3.63, 3.8) is 0 Å². The maximum absolute atomic E-state index is 13.7. The SMILES string of the molecule is C[C@H](Sc1nnc(-c2ccncc2)n1C1CC1)C(=O)N1c2ccccc2NC(=O)C1(C)C. The number of fused-ring (bicyclic) bond motifs is 1. The minimum Gasteiger partial charge on any atom is -0.322 e. The quantitative estimate of drug-likeness (QED) is 0.595. The van der Waals surface area contributed by atoms with Crippen LogP contribution in [0, 0.1) is 0 Å². The van der Waals surface area contributed by atoms with Crippen molar-refractivity contribution in [2.24, 2.45) is 0 Å². The van der Waals surface area contributed by atoms with Gasteiger partial charge in [0.25, 0.3) is 0 Å². The molecule has 5 rings (SSSR count). The van der Waals surface area contributed by atoms with Crippen LogP contribution in [-0.4, -0.2) is 42.4 Å². The fourth-order valence-electron chi connectivity index (χ4n) is 3.95. The molecule has 3 heterocycles. The monoisotopic (exact) mass is 448 g/mol. The van der Waals surface area contributed by atoms with Crippen molar-refractivity contribution >= 4 is 35.0 Å². The van der Waals surface area contributed by atoms with Crippen LogP contribution in [0.1, 0.15) is 39.7 Å². The summed E-state index contributed by atoms with van der Waals surface area (Å²) in [4.78, 5) is 32.1. The number of hydrogen-bond acceptors (Lipinski definition) is 6. The summed E-state index contributed by atoms with van der Waals surface area (Å²) < 4.78 is 2.13. The lowest BCUT2D eigenvalue weighted by molar-refractivity contribution is -0.126. The van der Waals surface area contributed by atoms with Crippen LogP contribution in [0.25, 0.3) is 11.4 Å². The van der Waals surface area contributed by atoms with Crippen LogP contribution in [0.3, 0.4) is 0 Å². The van der Waals surface area contributed by atoms with E-state index in [2.05, 4.69) is 25.1 Å². The van der Waals surface area contributed by atoms with Gasteiger partial charge in [-0.3, -0.25) is 24.0 Å². The van der Waals surface area contributed by atoms with Gasteiger partial charge in [-0.2, -0.15) is 0 Å². The third kappa shape index (κ3) is 3.46. The van der Waals surface area contributed by atoms with Crippen molar-refractivity contribution < 1.29 is 9.59 Å². The molecule has 2 aliphatic rings. The Morgan fingerprint density at radius 3 is 2.59 bits per heavy atom. The first-order valence-electron chi connectivity index (χ1n) is 10.6. The molecule has 32 heavy (non-hydrogen) atoms. The molecule has 1 aliphatic carbocycles. The summed E-state index contributed by atoms with van der Waals surface area (Å²) in [5, 5.41) is 12.0. The summed E-state index contributed by atoms with van der Waals surface area (Å²) in [7, 11) is 0. The molecule has 1 saturated carbocycles. The average molecular weight is 449 g/mol. The van der Waals surface area contributed by atoms with Crippen LogP contribution in [0.2, 0.25) is 0 Å². The number of amides is 2. The molecular formula is C23H24N6O2S. The second-order valence-corrected chi connectivity index (χ2v) is 9.92. The van der Waals surface area contributed by atoms with E-state index in [1.54, 1.807) is 31.1 Å². The number of carbonyl (C=O) groups is 2. The highest BCUT2D eigenvalue weighted by molar-refractivity contribution is 8.00. The molecule has 1 atom stereocenters. The Labute approximate surface area is 190 Å². The summed E-state index contributed by atoms with van der Waals surface area (Å²) >= 11 is 1.38. The number of benzene rings is 1. The standard InChI is InChI=1S/C23H24N6O2S/c1-14(20(30)29-18-7-5-4-6-17(18)25-21(31)23(29,2)3)32-22-27-26-19(28(22)16-8-9-16)15-10-12-24-13-11-15/h4-7,10-14,16H,8-9H2,1-3H3,(H,25,31)/t14-/m0/s1. The number of anilines is 2. The Bertz CT molecular complexity index is 1190. The fourth-order valence-corrected chi connectivity index (χ4v) is 4.91. The predicted molar refractivity (Wildman–Crippen MR) is 123 cm³/mol. The minimum atomic E-state index is -1.01. The second kappa shape index (κ2) is 7.74. The molecule has 164 valence electrons. The zero-order chi connectivity index (χ0) is 22.5. The highest BCUT2D eigenvalue weighted by Gasteiger charge is 2.45. The first kappa shape index (κ1) is 20.7. The number of rotatable bonds is 5. The van der Waals surface area contributed by atoms with E-state index in [-0.39, 0.29) is 11.8 Å². The molecule has 1 aliphatic heterocycles. The van der Waals surface area contributed by atoms with Gasteiger partial charge in [-0.25, -0.2) is 0 Å². The van der Waals surface area contributed by atoms with Gasteiger partial charge in [0, 0.05) is 24.0 Å². The highest BCUT2D eigenvalue weighted by atomic mass is 32.2. The van der Waals surface area contributed by atoms with E-state index in [1.807, 2.05) is 43.3 Å². The van der Waals surface area contributed by atoms with Gasteiger partial charge in [-0.15, -0.1) is 10.2 Å². The van der Waals surface area contributed by atoms with Crippen LogP contribution < -0.4 is 10.2 Å². The smallest absolute Gasteiger partial charge is 0.250 e. The lowest BCUT2D eigenvalue weighted by Gasteiger charge is -2.43. The Kier molecular flexibility index (Phi) is 5.00. The molecule has 0 spiro atoms. The largest absolute Gasteiger partial charge is 0.322 e.